The van der Waals surface area contributed by atoms with Gasteiger partial charge in [-0.3, -0.25) is 9.35 Å². The first-order valence-electron chi connectivity index (χ1n) is 5.25. The number of β-lactam (4-membered cyclic amide) rings is 1. The first-order valence-corrected chi connectivity index (χ1v) is 6.69. The van der Waals surface area contributed by atoms with E-state index in [1.54, 1.807) is 12.1 Å². The number of rotatable bonds is 1. The molecule has 0 bridgehead atoms. The van der Waals surface area contributed by atoms with Gasteiger partial charge in [0.05, 0.1) is 11.0 Å². The van der Waals surface area contributed by atoms with Gasteiger partial charge in [0.25, 0.3) is 10.1 Å². The Bertz CT molecular complexity index is 604. The van der Waals surface area contributed by atoms with E-state index in [1.165, 1.54) is 12.1 Å². The summed E-state index contributed by atoms with van der Waals surface area (Å²) in [4.78, 5) is 10.1. The summed E-state index contributed by atoms with van der Waals surface area (Å²) in [6.07, 6.45) is 0. The Balaban J connectivity index is 0.000000200. The molecule has 1 heterocycles. The number of benzene rings is 1. The lowest BCUT2D eigenvalue weighted by atomic mass is 10.0. The Morgan fingerprint density at radius 1 is 1.37 bits per heavy atom. The number of hydrogen-bond donors (Lipinski definition) is 3. The zero-order chi connectivity index (χ0) is 14.6. The molecule has 2 rings (SSSR count). The molecule has 2 atom stereocenters. The van der Waals surface area contributed by atoms with Crippen LogP contribution in [0.4, 0.5) is 0 Å². The van der Waals surface area contributed by atoms with Crippen LogP contribution in [0.1, 0.15) is 5.56 Å². The first kappa shape index (κ1) is 15.1. The lowest BCUT2D eigenvalue weighted by Crippen LogP contribution is -2.65. The highest BCUT2D eigenvalue weighted by atomic mass is 32.2. The Hall–Kier alpha value is -1.95. The third-order valence-electron chi connectivity index (χ3n) is 2.42. The molecule has 4 N–H and O–H groups in total. The molecule has 1 aliphatic heterocycles. The number of hydrogen-bond acceptors (Lipinski definition) is 5. The lowest BCUT2D eigenvalue weighted by Gasteiger charge is -2.27. The minimum Gasteiger partial charge on any atom is -0.337 e. The van der Waals surface area contributed by atoms with E-state index in [0.29, 0.717) is 0 Å². The number of nitrogens with zero attached hydrogens (tertiary/aromatic N) is 1. The van der Waals surface area contributed by atoms with E-state index < -0.39 is 22.2 Å². The van der Waals surface area contributed by atoms with Gasteiger partial charge in [-0.05, 0) is 19.1 Å². The minimum absolute atomic E-state index is 0.0666. The maximum Gasteiger partial charge on any atom is 0.294 e. The van der Waals surface area contributed by atoms with Gasteiger partial charge in [-0.15, -0.1) is 0 Å². The van der Waals surface area contributed by atoms with Crippen LogP contribution < -0.4 is 11.1 Å². The third-order valence-corrected chi connectivity index (χ3v) is 3.29. The highest BCUT2D eigenvalue weighted by molar-refractivity contribution is 7.85. The van der Waals surface area contributed by atoms with Gasteiger partial charge < -0.3 is 11.1 Å². The van der Waals surface area contributed by atoms with Gasteiger partial charge in [0, 0.05) is 0 Å². The molecule has 0 aromatic heterocycles. The fraction of sp³-hybridized carbons (Fsp3) is 0.273. The van der Waals surface area contributed by atoms with Crippen molar-refractivity contribution in [2.45, 2.75) is 23.9 Å². The van der Waals surface area contributed by atoms with Crippen molar-refractivity contribution < 1.29 is 17.8 Å². The molecule has 1 fully saturated rings. The largest absolute Gasteiger partial charge is 0.337 e. The summed E-state index contributed by atoms with van der Waals surface area (Å²) >= 11 is 0. The van der Waals surface area contributed by atoms with E-state index in [4.69, 9.17) is 15.5 Å². The Kier molecular flexibility index (Phi) is 4.61. The van der Waals surface area contributed by atoms with Gasteiger partial charge >= 0.3 is 0 Å². The van der Waals surface area contributed by atoms with E-state index in [0.717, 1.165) is 5.56 Å². The molecule has 102 valence electrons. The number of nitriles is 1. The van der Waals surface area contributed by atoms with Gasteiger partial charge in [-0.25, -0.2) is 0 Å². The maximum atomic E-state index is 10.5. The predicted molar refractivity (Wildman–Crippen MR) is 66.5 cm³/mol. The molecule has 19 heavy (non-hydrogen) atoms. The Labute approximate surface area is 110 Å². The molecule has 0 unspecified atom stereocenters. The van der Waals surface area contributed by atoms with Crippen molar-refractivity contribution in [1.82, 2.24) is 5.32 Å². The van der Waals surface area contributed by atoms with Crippen molar-refractivity contribution in [3.63, 3.8) is 0 Å². The normalized spacial score (nSPS) is 21.3. The molecule has 1 aliphatic rings. The molecular formula is C11H13N3O4S. The second-order valence-electron chi connectivity index (χ2n) is 3.93. The monoisotopic (exact) mass is 283 g/mol. The Morgan fingerprint density at radius 3 is 2.16 bits per heavy atom. The summed E-state index contributed by atoms with van der Waals surface area (Å²) in [6.45, 7) is 1.84. The van der Waals surface area contributed by atoms with Crippen LogP contribution >= 0.6 is 0 Å². The van der Waals surface area contributed by atoms with Crippen LogP contribution in [0.2, 0.25) is 0 Å². The predicted octanol–water partition coefficient (Wildman–Crippen LogP) is -0.423. The van der Waals surface area contributed by atoms with Gasteiger partial charge in [-0.2, -0.15) is 13.7 Å². The smallest absolute Gasteiger partial charge is 0.294 e. The zero-order valence-electron chi connectivity index (χ0n) is 10.1. The molecule has 0 radical (unpaired) electrons. The van der Waals surface area contributed by atoms with E-state index in [1.807, 2.05) is 13.0 Å². The zero-order valence-corrected chi connectivity index (χ0v) is 10.9. The second-order valence-corrected chi connectivity index (χ2v) is 5.35. The SMILES string of the molecule is Cc1ccc(S(=O)(=O)O)cc1.N#C[C@H]1NC(=O)[C@H]1N. The van der Waals surface area contributed by atoms with Crippen LogP contribution in [-0.2, 0) is 14.9 Å². The van der Waals surface area contributed by atoms with Gasteiger partial charge in [0.2, 0.25) is 5.91 Å². The average molecular weight is 283 g/mol. The summed E-state index contributed by atoms with van der Waals surface area (Å²) in [5, 5.41) is 10.4. The van der Waals surface area contributed by atoms with Crippen molar-refractivity contribution in [3.8, 4) is 6.07 Å². The number of nitrogens with two attached hydrogens (primary N) is 1. The van der Waals surface area contributed by atoms with Crippen LogP contribution in [-0.4, -0.2) is 31.0 Å². The van der Waals surface area contributed by atoms with Crippen molar-refractivity contribution in [2.24, 2.45) is 5.73 Å². The summed E-state index contributed by atoms with van der Waals surface area (Å²) in [5.41, 5.74) is 6.10. The minimum atomic E-state index is -4.02. The van der Waals surface area contributed by atoms with Crippen molar-refractivity contribution in [3.05, 3.63) is 29.8 Å². The van der Waals surface area contributed by atoms with Crippen LogP contribution in [0.5, 0.6) is 0 Å². The molecule has 0 aliphatic carbocycles. The Morgan fingerprint density at radius 2 is 1.89 bits per heavy atom. The number of nitrogens with one attached hydrogen (secondary N) is 1. The molecule has 7 nitrogen and oxygen atoms in total. The molecular weight excluding hydrogens is 270 g/mol. The number of aryl methyl sites for hydroxylation is 1. The molecule has 1 aromatic carbocycles. The topological polar surface area (TPSA) is 133 Å². The summed E-state index contributed by atoms with van der Waals surface area (Å²) in [6, 6.07) is 6.76. The van der Waals surface area contributed by atoms with Crippen LogP contribution in [0, 0.1) is 18.3 Å². The highest BCUT2D eigenvalue weighted by Crippen LogP contribution is 2.08. The number of carbonyl (C=O) groups is 1. The van der Waals surface area contributed by atoms with E-state index in [9.17, 15) is 13.2 Å². The summed E-state index contributed by atoms with van der Waals surface area (Å²) < 4.78 is 29.6. The van der Waals surface area contributed by atoms with Gasteiger partial charge in [0.15, 0.2) is 0 Å². The summed E-state index contributed by atoms with van der Waals surface area (Å²) in [5.74, 6) is -0.239. The van der Waals surface area contributed by atoms with Crippen molar-refractivity contribution in [1.29, 1.82) is 5.26 Å². The summed E-state index contributed by atoms with van der Waals surface area (Å²) in [7, 11) is -4.02. The average Bonchev–Trinajstić information content (AvgIpc) is 2.35. The lowest BCUT2D eigenvalue weighted by molar-refractivity contribution is -0.128. The van der Waals surface area contributed by atoms with Crippen molar-refractivity contribution in [2.75, 3.05) is 0 Å². The second kappa shape index (κ2) is 5.79. The number of amides is 1. The third kappa shape index (κ3) is 4.03. The highest BCUT2D eigenvalue weighted by Gasteiger charge is 2.35. The maximum absolute atomic E-state index is 10.5. The molecule has 8 heteroatoms. The van der Waals surface area contributed by atoms with Crippen LogP contribution in [0.15, 0.2) is 29.2 Å². The van der Waals surface area contributed by atoms with Gasteiger partial charge in [-0.1, -0.05) is 17.7 Å². The van der Waals surface area contributed by atoms with E-state index in [2.05, 4.69) is 5.32 Å². The van der Waals surface area contributed by atoms with Crippen molar-refractivity contribution >= 4 is 16.0 Å². The quantitative estimate of drug-likeness (QED) is 0.473. The van der Waals surface area contributed by atoms with E-state index in [-0.39, 0.29) is 10.8 Å². The first-order chi connectivity index (χ1) is 8.75. The molecule has 1 saturated heterocycles. The van der Waals surface area contributed by atoms with E-state index >= 15 is 0 Å². The molecule has 0 saturated carbocycles. The van der Waals surface area contributed by atoms with Crippen LogP contribution in [0.25, 0.3) is 0 Å². The molecule has 1 amide bonds. The fourth-order valence-electron chi connectivity index (χ4n) is 1.22. The van der Waals surface area contributed by atoms with Gasteiger partial charge in [0.1, 0.15) is 12.1 Å². The molecule has 1 aromatic rings. The molecule has 0 spiro atoms. The number of carbonyl (C=O) groups excluding carboxylic acids is 1. The standard InChI is InChI=1S/C7H8O3S.C4H5N3O/c1-6-2-4-7(5-3-6)11(8,9)10;5-1-2-3(6)4(8)7-2/h2-5H,1H3,(H,8,9,10);2-3H,6H2,(H,7,8)/t;2-,3+/m.1/s1. The van der Waals surface area contributed by atoms with Crippen LogP contribution in [0.3, 0.4) is 0 Å². The fourth-order valence-corrected chi connectivity index (χ4v) is 1.70.